The third-order valence-corrected chi connectivity index (χ3v) is 5.35. The Morgan fingerprint density at radius 2 is 1.71 bits per heavy atom. The molecule has 2 aromatic rings. The molecule has 1 saturated heterocycles. The van der Waals surface area contributed by atoms with Crippen molar-refractivity contribution >= 4 is 29.1 Å². The number of hydrogen-bond acceptors (Lipinski definition) is 3. The molecule has 148 valence electrons. The highest BCUT2D eigenvalue weighted by molar-refractivity contribution is 6.33. The topological polar surface area (TPSA) is 52.6 Å². The predicted molar refractivity (Wildman–Crippen MR) is 113 cm³/mol. The number of benzene rings is 2. The molecule has 1 fully saturated rings. The van der Waals surface area contributed by atoms with Crippen LogP contribution in [0.4, 0.5) is 5.69 Å². The summed E-state index contributed by atoms with van der Waals surface area (Å²) in [5.74, 6) is -0.501. The van der Waals surface area contributed by atoms with Gasteiger partial charge in [0.25, 0.3) is 5.91 Å². The Labute approximate surface area is 171 Å². The first-order valence-electron chi connectivity index (χ1n) is 9.65. The zero-order valence-electron chi connectivity index (χ0n) is 16.2. The lowest BCUT2D eigenvalue weighted by atomic mass is 10.1. The van der Waals surface area contributed by atoms with Crippen LogP contribution in [-0.4, -0.2) is 43.4 Å². The van der Waals surface area contributed by atoms with Gasteiger partial charge >= 0.3 is 0 Å². The number of nitrogens with zero attached hydrogens (tertiary/aromatic N) is 2. The Bertz CT molecular complexity index is 817. The first-order chi connectivity index (χ1) is 13.5. The van der Waals surface area contributed by atoms with E-state index < -0.39 is 0 Å². The molecule has 1 heterocycles. The number of carbonyl (C=O) groups excluding carboxylic acids is 2. The highest BCUT2D eigenvalue weighted by Gasteiger charge is 2.15. The fourth-order valence-electron chi connectivity index (χ4n) is 3.36. The molecule has 5 nitrogen and oxygen atoms in total. The van der Waals surface area contributed by atoms with Crippen LogP contribution in [0.2, 0.25) is 5.02 Å². The molecule has 1 aliphatic rings. The monoisotopic (exact) mass is 399 g/mol. The number of likely N-dealkylation sites (N-methyl/N-ethyl adjacent to an activating group) is 1. The molecule has 2 aromatic carbocycles. The SMILES string of the molecule is CN(Cc1ccc(N2CCCCC2)cc1)C(=O)CNC(=O)c1ccccc1Cl. The number of halogens is 1. The average Bonchev–Trinajstić information content (AvgIpc) is 2.73. The van der Waals surface area contributed by atoms with Crippen LogP contribution in [0.1, 0.15) is 35.2 Å². The Kier molecular flexibility index (Phi) is 6.93. The summed E-state index contributed by atoms with van der Waals surface area (Å²) in [7, 11) is 1.74. The van der Waals surface area contributed by atoms with E-state index in [1.165, 1.54) is 24.9 Å². The summed E-state index contributed by atoms with van der Waals surface area (Å²) in [4.78, 5) is 28.5. The highest BCUT2D eigenvalue weighted by Crippen LogP contribution is 2.20. The van der Waals surface area contributed by atoms with Gasteiger partial charge in [0.2, 0.25) is 5.91 Å². The Hall–Kier alpha value is -2.53. The van der Waals surface area contributed by atoms with Crippen molar-refractivity contribution < 1.29 is 9.59 Å². The lowest BCUT2D eigenvalue weighted by Crippen LogP contribution is -2.37. The number of piperidine rings is 1. The van der Waals surface area contributed by atoms with Gasteiger partial charge in [0.05, 0.1) is 17.1 Å². The Morgan fingerprint density at radius 1 is 1.04 bits per heavy atom. The fraction of sp³-hybridized carbons (Fsp3) is 0.364. The second kappa shape index (κ2) is 9.60. The molecule has 2 amide bonds. The van der Waals surface area contributed by atoms with Gasteiger partial charge in [0.1, 0.15) is 0 Å². The van der Waals surface area contributed by atoms with Gasteiger partial charge in [0, 0.05) is 32.4 Å². The van der Waals surface area contributed by atoms with E-state index in [4.69, 9.17) is 11.6 Å². The molecule has 0 aliphatic carbocycles. The van der Waals surface area contributed by atoms with E-state index in [1.807, 2.05) is 0 Å². The molecular formula is C22H26ClN3O2. The van der Waals surface area contributed by atoms with Gasteiger partial charge in [0.15, 0.2) is 0 Å². The highest BCUT2D eigenvalue weighted by atomic mass is 35.5. The van der Waals surface area contributed by atoms with Crippen LogP contribution in [0.5, 0.6) is 0 Å². The molecule has 0 atom stereocenters. The van der Waals surface area contributed by atoms with Crippen LogP contribution in [0.15, 0.2) is 48.5 Å². The van der Waals surface area contributed by atoms with Gasteiger partial charge in [-0.15, -0.1) is 0 Å². The lowest BCUT2D eigenvalue weighted by molar-refractivity contribution is -0.129. The smallest absolute Gasteiger partial charge is 0.253 e. The maximum Gasteiger partial charge on any atom is 0.253 e. The number of amides is 2. The van der Waals surface area contributed by atoms with Gasteiger partial charge in [-0.3, -0.25) is 9.59 Å². The Morgan fingerprint density at radius 3 is 2.39 bits per heavy atom. The zero-order chi connectivity index (χ0) is 19.9. The van der Waals surface area contributed by atoms with Crippen molar-refractivity contribution in [3.8, 4) is 0 Å². The van der Waals surface area contributed by atoms with Crippen molar-refractivity contribution in [1.82, 2.24) is 10.2 Å². The largest absolute Gasteiger partial charge is 0.372 e. The summed E-state index contributed by atoms with van der Waals surface area (Å²) < 4.78 is 0. The molecule has 3 rings (SSSR count). The molecule has 0 saturated carbocycles. The van der Waals surface area contributed by atoms with Crippen molar-refractivity contribution in [1.29, 1.82) is 0 Å². The number of hydrogen-bond donors (Lipinski definition) is 1. The van der Waals surface area contributed by atoms with Crippen molar-refractivity contribution in [2.24, 2.45) is 0 Å². The number of nitrogens with one attached hydrogen (secondary N) is 1. The second-order valence-electron chi connectivity index (χ2n) is 7.13. The van der Waals surface area contributed by atoms with E-state index in [0.29, 0.717) is 17.1 Å². The summed E-state index contributed by atoms with van der Waals surface area (Å²) in [5, 5.41) is 3.01. The molecule has 0 spiro atoms. The molecule has 6 heteroatoms. The van der Waals surface area contributed by atoms with E-state index in [9.17, 15) is 9.59 Å². The standard InChI is InChI=1S/C22H26ClN3O2/c1-25(21(27)15-24-22(28)19-7-3-4-8-20(19)23)16-17-9-11-18(12-10-17)26-13-5-2-6-14-26/h3-4,7-12H,2,5-6,13-16H2,1H3,(H,24,28). The van der Waals surface area contributed by atoms with Crippen LogP contribution in [0.3, 0.4) is 0 Å². The first-order valence-corrected chi connectivity index (χ1v) is 10.0. The molecule has 0 aromatic heterocycles. The maximum atomic E-state index is 12.4. The van der Waals surface area contributed by atoms with Crippen LogP contribution < -0.4 is 10.2 Å². The van der Waals surface area contributed by atoms with Gasteiger partial charge in [-0.1, -0.05) is 35.9 Å². The quantitative estimate of drug-likeness (QED) is 0.805. The Balaban J connectivity index is 1.49. The molecular weight excluding hydrogens is 374 g/mol. The van der Waals surface area contributed by atoms with Gasteiger partial charge in [-0.25, -0.2) is 0 Å². The third kappa shape index (κ3) is 5.26. The summed E-state index contributed by atoms with van der Waals surface area (Å²) in [6, 6.07) is 15.2. The molecule has 1 aliphatic heterocycles. The molecule has 1 N–H and O–H groups in total. The second-order valence-corrected chi connectivity index (χ2v) is 7.53. The van der Waals surface area contributed by atoms with E-state index in [2.05, 4.69) is 34.5 Å². The number of carbonyl (C=O) groups is 2. The number of rotatable bonds is 6. The van der Waals surface area contributed by atoms with Crippen LogP contribution in [-0.2, 0) is 11.3 Å². The molecule has 0 unspecified atom stereocenters. The number of anilines is 1. The summed E-state index contributed by atoms with van der Waals surface area (Å²) >= 11 is 6.01. The van der Waals surface area contributed by atoms with Crippen molar-refractivity contribution in [2.75, 3.05) is 31.6 Å². The van der Waals surface area contributed by atoms with E-state index in [0.717, 1.165) is 18.7 Å². The van der Waals surface area contributed by atoms with Crippen LogP contribution in [0.25, 0.3) is 0 Å². The summed E-state index contributed by atoms with van der Waals surface area (Å²) in [6.07, 6.45) is 3.81. The van der Waals surface area contributed by atoms with E-state index >= 15 is 0 Å². The summed E-state index contributed by atoms with van der Waals surface area (Å²) in [5.41, 5.74) is 2.67. The van der Waals surface area contributed by atoms with E-state index in [1.54, 1.807) is 36.2 Å². The van der Waals surface area contributed by atoms with Crippen molar-refractivity contribution in [2.45, 2.75) is 25.8 Å². The summed E-state index contributed by atoms with van der Waals surface area (Å²) in [6.45, 7) is 2.67. The maximum absolute atomic E-state index is 12.4. The fourth-order valence-corrected chi connectivity index (χ4v) is 3.58. The minimum Gasteiger partial charge on any atom is -0.372 e. The van der Waals surface area contributed by atoms with E-state index in [-0.39, 0.29) is 18.4 Å². The van der Waals surface area contributed by atoms with Gasteiger partial charge in [-0.2, -0.15) is 0 Å². The zero-order valence-corrected chi connectivity index (χ0v) is 16.9. The van der Waals surface area contributed by atoms with Crippen molar-refractivity contribution in [3.63, 3.8) is 0 Å². The molecule has 28 heavy (non-hydrogen) atoms. The predicted octanol–water partition coefficient (Wildman–Crippen LogP) is 3.72. The average molecular weight is 400 g/mol. The first kappa shape index (κ1) is 20.2. The minimum atomic E-state index is -0.349. The van der Waals surface area contributed by atoms with Crippen LogP contribution >= 0.6 is 11.6 Å². The van der Waals surface area contributed by atoms with Gasteiger partial charge in [-0.05, 0) is 49.1 Å². The van der Waals surface area contributed by atoms with Crippen LogP contribution in [0, 0.1) is 0 Å². The minimum absolute atomic E-state index is 0.0631. The van der Waals surface area contributed by atoms with Crippen molar-refractivity contribution in [3.05, 3.63) is 64.7 Å². The molecule has 0 bridgehead atoms. The third-order valence-electron chi connectivity index (χ3n) is 5.02. The lowest BCUT2D eigenvalue weighted by Gasteiger charge is -2.29. The normalized spacial score (nSPS) is 13.9. The molecule has 0 radical (unpaired) electrons. The van der Waals surface area contributed by atoms with Gasteiger partial charge < -0.3 is 15.1 Å².